The lowest BCUT2D eigenvalue weighted by Crippen LogP contribution is -1.92. The molecule has 0 radical (unpaired) electrons. The van der Waals surface area contributed by atoms with Crippen LogP contribution in [0.3, 0.4) is 0 Å². The van der Waals surface area contributed by atoms with Gasteiger partial charge in [0.1, 0.15) is 5.82 Å². The summed E-state index contributed by atoms with van der Waals surface area (Å²) in [5, 5.41) is 15.0. The lowest BCUT2D eigenvalue weighted by molar-refractivity contribution is 0.655. The molecular weight excluding hydrogens is 180 g/mol. The number of aromatic nitrogens is 6. The Bertz CT molecular complexity index is 415. The topological polar surface area (TPSA) is 72.3 Å². The molecule has 0 aliphatic heterocycles. The largest absolute Gasteiger partial charge is 0.263 e. The van der Waals surface area contributed by atoms with Gasteiger partial charge in [-0.15, -0.1) is 0 Å². The average molecular weight is 192 g/mol. The smallest absolute Gasteiger partial charge is 0.203 e. The molecule has 0 atom stereocenters. The van der Waals surface area contributed by atoms with Crippen LogP contribution in [0.5, 0.6) is 0 Å². The quantitative estimate of drug-likeness (QED) is 0.770. The van der Waals surface area contributed by atoms with E-state index in [9.17, 15) is 0 Å². The van der Waals surface area contributed by atoms with Gasteiger partial charge in [-0.05, 0) is 6.42 Å². The summed E-state index contributed by atoms with van der Waals surface area (Å²) in [5.74, 6) is 1.51. The maximum Gasteiger partial charge on any atom is 0.203 e. The zero-order chi connectivity index (χ0) is 9.97. The van der Waals surface area contributed by atoms with Gasteiger partial charge in [-0.3, -0.25) is 5.10 Å². The molecule has 0 spiro atoms. The fourth-order valence-corrected chi connectivity index (χ4v) is 1.21. The lowest BCUT2D eigenvalue weighted by atomic mass is 10.3. The third kappa shape index (κ3) is 1.63. The highest BCUT2D eigenvalue weighted by atomic mass is 15.5. The van der Waals surface area contributed by atoms with E-state index in [2.05, 4.69) is 32.3 Å². The van der Waals surface area contributed by atoms with E-state index in [1.165, 1.54) is 4.80 Å². The maximum absolute atomic E-state index is 4.30. The number of aryl methyl sites for hydroxylation is 2. The molecule has 0 aliphatic carbocycles. The highest BCUT2D eigenvalue weighted by Gasteiger charge is 2.08. The van der Waals surface area contributed by atoms with Gasteiger partial charge in [-0.1, -0.05) is 6.92 Å². The van der Waals surface area contributed by atoms with Crippen LogP contribution in [0.1, 0.15) is 19.2 Å². The van der Waals surface area contributed by atoms with Gasteiger partial charge in [-0.2, -0.15) is 20.1 Å². The van der Waals surface area contributed by atoms with Crippen LogP contribution in [0.25, 0.3) is 11.5 Å². The van der Waals surface area contributed by atoms with Crippen molar-refractivity contribution in [3.63, 3.8) is 0 Å². The SMILES string of the molecule is CCCc1nc(-c2cnn(C)n2)n[nH]1. The van der Waals surface area contributed by atoms with E-state index >= 15 is 0 Å². The summed E-state index contributed by atoms with van der Waals surface area (Å²) in [6.45, 7) is 2.10. The second kappa shape index (κ2) is 3.57. The fourth-order valence-electron chi connectivity index (χ4n) is 1.21. The van der Waals surface area contributed by atoms with E-state index in [1.54, 1.807) is 13.2 Å². The first kappa shape index (κ1) is 8.86. The Labute approximate surface area is 81.4 Å². The number of rotatable bonds is 3. The number of nitrogens with zero attached hydrogens (tertiary/aromatic N) is 5. The van der Waals surface area contributed by atoms with Crippen molar-refractivity contribution < 1.29 is 0 Å². The van der Waals surface area contributed by atoms with Crippen molar-refractivity contribution in [1.29, 1.82) is 0 Å². The summed E-state index contributed by atoms with van der Waals surface area (Å²) < 4.78 is 0. The molecular formula is C8H12N6. The number of hydrogen-bond acceptors (Lipinski definition) is 4. The van der Waals surface area contributed by atoms with Crippen LogP contribution in [-0.2, 0) is 13.5 Å². The Hall–Kier alpha value is -1.72. The molecule has 74 valence electrons. The van der Waals surface area contributed by atoms with Gasteiger partial charge >= 0.3 is 0 Å². The molecule has 0 amide bonds. The van der Waals surface area contributed by atoms with Crippen molar-refractivity contribution in [2.45, 2.75) is 19.8 Å². The minimum Gasteiger partial charge on any atom is -0.263 e. The standard InChI is InChI=1S/C8H12N6/c1-3-4-7-10-8(12-11-7)6-5-9-14(2)13-6/h5H,3-4H2,1-2H3,(H,10,11,12). The van der Waals surface area contributed by atoms with Gasteiger partial charge in [0.05, 0.1) is 6.20 Å². The third-order valence-electron chi connectivity index (χ3n) is 1.85. The molecule has 6 heteroatoms. The first-order valence-electron chi connectivity index (χ1n) is 4.57. The van der Waals surface area contributed by atoms with E-state index in [0.717, 1.165) is 18.7 Å². The van der Waals surface area contributed by atoms with E-state index in [1.807, 2.05) is 0 Å². The van der Waals surface area contributed by atoms with E-state index in [0.29, 0.717) is 11.5 Å². The van der Waals surface area contributed by atoms with Crippen LogP contribution >= 0.6 is 0 Å². The molecule has 0 bridgehead atoms. The van der Waals surface area contributed by atoms with E-state index in [4.69, 9.17) is 0 Å². The predicted molar refractivity (Wildman–Crippen MR) is 50.4 cm³/mol. The number of aromatic amines is 1. The molecule has 14 heavy (non-hydrogen) atoms. The molecule has 6 nitrogen and oxygen atoms in total. The molecule has 0 aromatic carbocycles. The van der Waals surface area contributed by atoms with Crippen LogP contribution in [0.2, 0.25) is 0 Å². The summed E-state index contributed by atoms with van der Waals surface area (Å²) in [6, 6.07) is 0. The van der Waals surface area contributed by atoms with Crippen LogP contribution < -0.4 is 0 Å². The van der Waals surface area contributed by atoms with Gasteiger partial charge in [0.25, 0.3) is 0 Å². The van der Waals surface area contributed by atoms with Gasteiger partial charge in [-0.25, -0.2) is 4.98 Å². The Morgan fingerprint density at radius 1 is 1.50 bits per heavy atom. The van der Waals surface area contributed by atoms with Crippen LogP contribution in [-0.4, -0.2) is 30.2 Å². The Morgan fingerprint density at radius 2 is 2.36 bits per heavy atom. The predicted octanol–water partition coefficient (Wildman–Crippen LogP) is 0.553. The monoisotopic (exact) mass is 192 g/mol. The Morgan fingerprint density at radius 3 is 3.00 bits per heavy atom. The minimum atomic E-state index is 0.613. The van der Waals surface area contributed by atoms with Gasteiger partial charge < -0.3 is 0 Å². The minimum absolute atomic E-state index is 0.613. The first-order chi connectivity index (χ1) is 6.79. The summed E-state index contributed by atoms with van der Waals surface area (Å²) in [7, 11) is 1.77. The van der Waals surface area contributed by atoms with Gasteiger partial charge in [0.2, 0.25) is 5.82 Å². The maximum atomic E-state index is 4.30. The number of hydrogen-bond donors (Lipinski definition) is 1. The van der Waals surface area contributed by atoms with Crippen molar-refractivity contribution in [3.05, 3.63) is 12.0 Å². The van der Waals surface area contributed by atoms with Crippen molar-refractivity contribution in [1.82, 2.24) is 30.2 Å². The zero-order valence-corrected chi connectivity index (χ0v) is 8.23. The van der Waals surface area contributed by atoms with Crippen molar-refractivity contribution >= 4 is 0 Å². The lowest BCUT2D eigenvalue weighted by Gasteiger charge is -1.86. The molecule has 2 aromatic heterocycles. The molecule has 0 unspecified atom stereocenters. The molecule has 0 fully saturated rings. The van der Waals surface area contributed by atoms with E-state index in [-0.39, 0.29) is 0 Å². The Balaban J connectivity index is 2.24. The van der Waals surface area contributed by atoms with Crippen molar-refractivity contribution in [2.24, 2.45) is 7.05 Å². The molecule has 0 saturated heterocycles. The molecule has 0 aliphatic rings. The normalized spacial score (nSPS) is 10.7. The Kier molecular flexibility index (Phi) is 2.26. The molecule has 0 saturated carbocycles. The van der Waals surface area contributed by atoms with Crippen LogP contribution in [0.15, 0.2) is 6.20 Å². The molecule has 2 rings (SSSR count). The molecule has 1 N–H and O–H groups in total. The highest BCUT2D eigenvalue weighted by molar-refractivity contribution is 5.45. The number of nitrogens with one attached hydrogen (secondary N) is 1. The highest BCUT2D eigenvalue weighted by Crippen LogP contribution is 2.09. The zero-order valence-electron chi connectivity index (χ0n) is 8.23. The summed E-state index contributed by atoms with van der Waals surface area (Å²) >= 11 is 0. The van der Waals surface area contributed by atoms with Crippen molar-refractivity contribution in [3.8, 4) is 11.5 Å². The van der Waals surface area contributed by atoms with Gasteiger partial charge in [0, 0.05) is 13.5 Å². The van der Waals surface area contributed by atoms with Gasteiger partial charge in [0.15, 0.2) is 5.69 Å². The first-order valence-corrected chi connectivity index (χ1v) is 4.57. The fraction of sp³-hybridized carbons (Fsp3) is 0.500. The second-order valence-corrected chi connectivity index (χ2v) is 3.07. The number of H-pyrrole nitrogens is 1. The summed E-state index contributed by atoms with van der Waals surface area (Å²) in [4.78, 5) is 5.79. The second-order valence-electron chi connectivity index (χ2n) is 3.07. The average Bonchev–Trinajstić information content (AvgIpc) is 2.74. The van der Waals surface area contributed by atoms with Crippen LogP contribution in [0, 0.1) is 0 Å². The van der Waals surface area contributed by atoms with E-state index < -0.39 is 0 Å². The summed E-state index contributed by atoms with van der Waals surface area (Å²) in [6.07, 6.45) is 3.61. The molecule has 2 aromatic rings. The third-order valence-corrected chi connectivity index (χ3v) is 1.85. The van der Waals surface area contributed by atoms with Crippen LogP contribution in [0.4, 0.5) is 0 Å². The van der Waals surface area contributed by atoms with Crippen molar-refractivity contribution in [2.75, 3.05) is 0 Å². The summed E-state index contributed by atoms with van der Waals surface area (Å²) in [5.41, 5.74) is 0.700. The molecule has 2 heterocycles.